The van der Waals surface area contributed by atoms with Gasteiger partial charge in [-0.25, -0.2) is 8.78 Å². The number of rotatable bonds is 4. The minimum Gasteiger partial charge on any atom is -0.377 e. The fourth-order valence-corrected chi connectivity index (χ4v) is 1.84. The van der Waals surface area contributed by atoms with Gasteiger partial charge in [-0.3, -0.25) is 0 Å². The summed E-state index contributed by atoms with van der Waals surface area (Å²) in [5.41, 5.74) is 0.486. The van der Waals surface area contributed by atoms with Gasteiger partial charge in [-0.05, 0) is 18.9 Å². The molecule has 1 aromatic carbocycles. The van der Waals surface area contributed by atoms with Crippen LogP contribution in [0.4, 0.5) is 8.78 Å². The Balaban J connectivity index is 1.80. The predicted molar refractivity (Wildman–Crippen MR) is 57.0 cm³/mol. The minimum absolute atomic E-state index is 0.239. The van der Waals surface area contributed by atoms with Crippen LogP contribution in [0.1, 0.15) is 18.4 Å². The highest BCUT2D eigenvalue weighted by Gasteiger charge is 2.14. The van der Waals surface area contributed by atoms with Gasteiger partial charge in [-0.1, -0.05) is 6.07 Å². The van der Waals surface area contributed by atoms with Gasteiger partial charge in [-0.2, -0.15) is 0 Å². The molecule has 2 rings (SSSR count). The van der Waals surface area contributed by atoms with E-state index in [0.717, 1.165) is 32.1 Å². The summed E-state index contributed by atoms with van der Waals surface area (Å²) < 4.78 is 31.3. The third-order valence-corrected chi connectivity index (χ3v) is 2.73. The van der Waals surface area contributed by atoms with E-state index in [2.05, 4.69) is 5.32 Å². The zero-order valence-electron chi connectivity index (χ0n) is 9.01. The Labute approximate surface area is 93.6 Å². The van der Waals surface area contributed by atoms with E-state index in [9.17, 15) is 8.78 Å². The number of ether oxygens (including phenoxy) is 1. The van der Waals surface area contributed by atoms with Gasteiger partial charge in [0.25, 0.3) is 0 Å². The Morgan fingerprint density at radius 3 is 2.94 bits per heavy atom. The minimum atomic E-state index is -0.541. The quantitative estimate of drug-likeness (QED) is 0.851. The Morgan fingerprint density at radius 2 is 2.25 bits per heavy atom. The number of nitrogens with one attached hydrogen (secondary N) is 1. The molecule has 0 aromatic heterocycles. The zero-order valence-corrected chi connectivity index (χ0v) is 9.01. The van der Waals surface area contributed by atoms with Gasteiger partial charge >= 0.3 is 0 Å². The fourth-order valence-electron chi connectivity index (χ4n) is 1.84. The first-order valence-electron chi connectivity index (χ1n) is 5.52. The summed E-state index contributed by atoms with van der Waals surface area (Å²) in [7, 11) is 0. The van der Waals surface area contributed by atoms with Crippen LogP contribution in [0.3, 0.4) is 0 Å². The lowest BCUT2D eigenvalue weighted by Gasteiger charge is -2.11. The normalized spacial score (nSPS) is 20.2. The molecule has 16 heavy (non-hydrogen) atoms. The van der Waals surface area contributed by atoms with Crippen molar-refractivity contribution in [3.63, 3.8) is 0 Å². The standard InChI is InChI=1S/C12H15F2NO/c13-10-4-3-9(12(14)6-10)7-15-8-11-2-1-5-16-11/h3-4,6,11,15H,1-2,5,7-8H2/t11-/m0/s1. The van der Waals surface area contributed by atoms with Gasteiger partial charge in [-0.15, -0.1) is 0 Å². The first-order chi connectivity index (χ1) is 7.75. The second-order valence-corrected chi connectivity index (χ2v) is 4.00. The van der Waals surface area contributed by atoms with E-state index in [1.54, 1.807) is 0 Å². The maximum atomic E-state index is 13.2. The van der Waals surface area contributed by atoms with E-state index in [0.29, 0.717) is 12.1 Å². The Bertz CT molecular complexity index is 351. The van der Waals surface area contributed by atoms with Crippen molar-refractivity contribution in [2.24, 2.45) is 0 Å². The van der Waals surface area contributed by atoms with Crippen molar-refractivity contribution >= 4 is 0 Å². The lowest BCUT2D eigenvalue weighted by Crippen LogP contribution is -2.26. The zero-order chi connectivity index (χ0) is 11.4. The van der Waals surface area contributed by atoms with E-state index in [4.69, 9.17) is 4.74 Å². The van der Waals surface area contributed by atoms with Gasteiger partial charge in [0.15, 0.2) is 0 Å². The van der Waals surface area contributed by atoms with Crippen molar-refractivity contribution in [3.05, 3.63) is 35.4 Å². The third kappa shape index (κ3) is 3.00. The van der Waals surface area contributed by atoms with Crippen molar-refractivity contribution < 1.29 is 13.5 Å². The summed E-state index contributed by atoms with van der Waals surface area (Å²) in [5, 5.41) is 3.12. The molecule has 1 aliphatic rings. The lowest BCUT2D eigenvalue weighted by molar-refractivity contribution is 0.110. The highest BCUT2D eigenvalue weighted by molar-refractivity contribution is 5.18. The van der Waals surface area contributed by atoms with Crippen LogP contribution in [0.2, 0.25) is 0 Å². The van der Waals surface area contributed by atoms with Gasteiger partial charge < -0.3 is 10.1 Å². The summed E-state index contributed by atoms with van der Waals surface area (Å²) in [6.45, 7) is 1.94. The monoisotopic (exact) mass is 227 g/mol. The van der Waals surface area contributed by atoms with Crippen LogP contribution in [0, 0.1) is 11.6 Å². The fraction of sp³-hybridized carbons (Fsp3) is 0.500. The van der Waals surface area contributed by atoms with Crippen molar-refractivity contribution in [1.82, 2.24) is 5.32 Å². The van der Waals surface area contributed by atoms with E-state index >= 15 is 0 Å². The molecule has 88 valence electrons. The molecular weight excluding hydrogens is 212 g/mol. The summed E-state index contributed by atoms with van der Waals surface area (Å²) in [6.07, 6.45) is 2.39. The largest absolute Gasteiger partial charge is 0.377 e. The molecular formula is C12H15F2NO. The third-order valence-electron chi connectivity index (χ3n) is 2.73. The summed E-state index contributed by atoms with van der Waals surface area (Å²) in [6, 6.07) is 3.64. The molecule has 1 N–H and O–H groups in total. The van der Waals surface area contributed by atoms with E-state index < -0.39 is 11.6 Å². The number of hydrogen-bond donors (Lipinski definition) is 1. The molecule has 1 aliphatic heterocycles. The molecule has 1 saturated heterocycles. The molecule has 2 nitrogen and oxygen atoms in total. The first kappa shape index (κ1) is 11.5. The number of benzene rings is 1. The molecule has 1 atom stereocenters. The molecule has 1 heterocycles. The molecule has 0 amide bonds. The summed E-state index contributed by atoms with van der Waals surface area (Å²) in [4.78, 5) is 0. The second-order valence-electron chi connectivity index (χ2n) is 4.00. The maximum absolute atomic E-state index is 13.2. The number of hydrogen-bond acceptors (Lipinski definition) is 2. The van der Waals surface area contributed by atoms with Crippen LogP contribution in [0.25, 0.3) is 0 Å². The topological polar surface area (TPSA) is 21.3 Å². The molecule has 0 saturated carbocycles. The summed E-state index contributed by atoms with van der Waals surface area (Å²) in [5.74, 6) is -1.04. The van der Waals surface area contributed by atoms with E-state index in [1.165, 1.54) is 12.1 Å². The van der Waals surface area contributed by atoms with Gasteiger partial charge in [0.2, 0.25) is 0 Å². The smallest absolute Gasteiger partial charge is 0.130 e. The highest BCUT2D eigenvalue weighted by Crippen LogP contribution is 2.12. The van der Waals surface area contributed by atoms with Crippen LogP contribution in [0.15, 0.2) is 18.2 Å². The molecule has 4 heteroatoms. The SMILES string of the molecule is Fc1ccc(CNC[C@@H]2CCCO2)c(F)c1. The molecule has 0 radical (unpaired) electrons. The Morgan fingerprint density at radius 1 is 1.38 bits per heavy atom. The van der Waals surface area contributed by atoms with Crippen LogP contribution in [-0.4, -0.2) is 19.3 Å². The average Bonchev–Trinajstić information content (AvgIpc) is 2.74. The number of halogens is 2. The van der Waals surface area contributed by atoms with Gasteiger partial charge in [0.05, 0.1) is 6.10 Å². The maximum Gasteiger partial charge on any atom is 0.130 e. The second kappa shape index (κ2) is 5.37. The highest BCUT2D eigenvalue weighted by atomic mass is 19.1. The molecule has 0 bridgehead atoms. The van der Waals surface area contributed by atoms with Crippen molar-refractivity contribution in [3.8, 4) is 0 Å². The molecule has 1 fully saturated rings. The van der Waals surface area contributed by atoms with E-state index in [-0.39, 0.29) is 6.10 Å². The van der Waals surface area contributed by atoms with Gasteiger partial charge in [0.1, 0.15) is 11.6 Å². The van der Waals surface area contributed by atoms with Crippen LogP contribution in [0.5, 0.6) is 0 Å². The molecule has 0 spiro atoms. The van der Waals surface area contributed by atoms with Crippen molar-refractivity contribution in [2.45, 2.75) is 25.5 Å². The average molecular weight is 227 g/mol. The first-order valence-corrected chi connectivity index (χ1v) is 5.52. The van der Waals surface area contributed by atoms with Crippen LogP contribution >= 0.6 is 0 Å². The Kier molecular flexibility index (Phi) is 3.85. The molecule has 1 aromatic rings. The molecule has 0 unspecified atom stereocenters. The van der Waals surface area contributed by atoms with E-state index in [1.807, 2.05) is 0 Å². The van der Waals surface area contributed by atoms with Gasteiger partial charge in [0, 0.05) is 31.3 Å². The predicted octanol–water partition coefficient (Wildman–Crippen LogP) is 2.23. The molecule has 0 aliphatic carbocycles. The Hall–Kier alpha value is -1.00. The van der Waals surface area contributed by atoms with Crippen LogP contribution in [-0.2, 0) is 11.3 Å². The summed E-state index contributed by atoms with van der Waals surface area (Å²) >= 11 is 0. The van der Waals surface area contributed by atoms with Crippen molar-refractivity contribution in [1.29, 1.82) is 0 Å². The van der Waals surface area contributed by atoms with Crippen molar-refractivity contribution in [2.75, 3.05) is 13.2 Å². The lowest BCUT2D eigenvalue weighted by atomic mass is 10.2. The van der Waals surface area contributed by atoms with Crippen LogP contribution < -0.4 is 5.32 Å².